The Balaban J connectivity index is 1.60. The molecule has 2 unspecified atom stereocenters. The highest BCUT2D eigenvalue weighted by Gasteiger charge is 2.61. The van der Waals surface area contributed by atoms with E-state index in [1.165, 1.54) is 18.7 Å². The molecule has 3 amide bonds. The number of likely N-dealkylation sites (tertiary alicyclic amines) is 1. The van der Waals surface area contributed by atoms with Gasteiger partial charge in [-0.15, -0.1) is 0 Å². The van der Waals surface area contributed by atoms with Crippen molar-refractivity contribution in [2.75, 3.05) is 19.7 Å². The number of nitrogens with zero attached hydrogens (tertiary/aromatic N) is 3. The van der Waals surface area contributed by atoms with Gasteiger partial charge in [0.2, 0.25) is 11.8 Å². The number of hydrazone groups is 1. The van der Waals surface area contributed by atoms with E-state index in [2.05, 4.69) is 15.7 Å². The van der Waals surface area contributed by atoms with Gasteiger partial charge >= 0.3 is 6.18 Å². The minimum Gasteiger partial charge on any atom is -0.383 e. The van der Waals surface area contributed by atoms with Gasteiger partial charge in [-0.1, -0.05) is 35.9 Å². The van der Waals surface area contributed by atoms with Crippen LogP contribution in [-0.4, -0.2) is 82.9 Å². The maximum Gasteiger partial charge on any atom is 0.410 e. The van der Waals surface area contributed by atoms with Crippen LogP contribution in [-0.2, 0) is 25.7 Å². The average Bonchev–Trinajstić information content (AvgIpc) is 3.23. The van der Waals surface area contributed by atoms with E-state index in [0.29, 0.717) is 10.0 Å². The van der Waals surface area contributed by atoms with Crippen molar-refractivity contribution in [2.45, 2.75) is 63.6 Å². The highest BCUT2D eigenvalue weighted by Crippen LogP contribution is 2.42. The van der Waals surface area contributed by atoms with Crippen molar-refractivity contribution in [3.05, 3.63) is 59.3 Å². The number of ether oxygens (including phenoxy) is 1. The summed E-state index contributed by atoms with van der Waals surface area (Å²) < 4.78 is 46.8. The lowest BCUT2D eigenvalue weighted by molar-refractivity contribution is -0.187. The van der Waals surface area contributed by atoms with E-state index < -0.39 is 53.0 Å². The molecule has 1 fully saturated rings. The van der Waals surface area contributed by atoms with Crippen LogP contribution < -0.4 is 16.4 Å². The zero-order chi connectivity index (χ0) is 30.9. The first-order chi connectivity index (χ1) is 19.6. The Bertz CT molecular complexity index is 1310. The summed E-state index contributed by atoms with van der Waals surface area (Å²) in [5, 5.41) is 10.8. The van der Waals surface area contributed by atoms with Gasteiger partial charge < -0.3 is 26.0 Å². The van der Waals surface area contributed by atoms with Crippen LogP contribution >= 0.6 is 11.6 Å². The summed E-state index contributed by atoms with van der Waals surface area (Å²) in [6.45, 7) is 3.52. The topological polar surface area (TPSA) is 129 Å². The van der Waals surface area contributed by atoms with Crippen LogP contribution in [0.25, 0.3) is 0 Å². The summed E-state index contributed by atoms with van der Waals surface area (Å²) in [4.78, 5) is 41.9. The molecule has 42 heavy (non-hydrogen) atoms. The van der Waals surface area contributed by atoms with E-state index in [-0.39, 0.29) is 38.4 Å². The molecule has 1 saturated heterocycles. The van der Waals surface area contributed by atoms with Crippen LogP contribution in [0.3, 0.4) is 0 Å². The lowest BCUT2D eigenvalue weighted by Crippen LogP contribution is -2.65. The SMILES string of the molecule is C[C@@H](N1N=C2CCN(C(=O)C(COCc3cccc(Cl)c3)NC(=O)C(C)(C)N)C[C@@]2(C2C=CC=CN2)C1=O)C(F)(F)F. The Labute approximate surface area is 246 Å². The van der Waals surface area contributed by atoms with Crippen molar-refractivity contribution < 1.29 is 32.3 Å². The summed E-state index contributed by atoms with van der Waals surface area (Å²) in [5.74, 6) is -2.04. The van der Waals surface area contributed by atoms with Gasteiger partial charge in [0.05, 0.1) is 30.5 Å². The molecule has 14 heteroatoms. The zero-order valence-electron chi connectivity index (χ0n) is 23.5. The maximum absolute atomic E-state index is 13.9. The molecular formula is C28H34ClF3N6O4. The van der Waals surface area contributed by atoms with Crippen LogP contribution in [0.5, 0.6) is 0 Å². The van der Waals surface area contributed by atoms with E-state index in [1.807, 2.05) is 0 Å². The summed E-state index contributed by atoms with van der Waals surface area (Å²) >= 11 is 6.04. The Kier molecular flexibility index (Phi) is 9.05. The standard InChI is InChI=1S/C28H34ClF3N6O4/c1-17(28(30,31)32)38-25(41)27(21-9-4-5-11-34-21)16-37(12-10-22(27)36-38)23(39)20(35-24(40)26(2,3)33)15-42-14-18-7-6-8-19(29)13-18/h4-9,11,13,17,20-21,34H,10,12,14-16,33H2,1-3H3,(H,35,40)/t17-,20?,21?,27+/m1/s1. The first-order valence-electron chi connectivity index (χ1n) is 13.4. The molecule has 1 aromatic carbocycles. The minimum atomic E-state index is -4.70. The number of nitrogens with one attached hydrogen (secondary N) is 2. The summed E-state index contributed by atoms with van der Waals surface area (Å²) in [6.07, 6.45) is 1.95. The van der Waals surface area contributed by atoms with Crippen molar-refractivity contribution in [3.63, 3.8) is 0 Å². The van der Waals surface area contributed by atoms with Crippen LogP contribution in [0.4, 0.5) is 13.2 Å². The molecule has 0 aromatic heterocycles. The van der Waals surface area contributed by atoms with Crippen LogP contribution in [0, 0.1) is 5.41 Å². The third-order valence-corrected chi connectivity index (χ3v) is 7.73. The quantitative estimate of drug-likeness (QED) is 0.394. The van der Waals surface area contributed by atoms with E-state index >= 15 is 0 Å². The predicted octanol–water partition coefficient (Wildman–Crippen LogP) is 2.49. The number of carbonyl (C=O) groups is 3. The molecular weight excluding hydrogens is 577 g/mol. The fraction of sp³-hybridized carbons (Fsp3) is 0.500. The first kappa shape index (κ1) is 31.5. The number of hydrogen-bond donors (Lipinski definition) is 3. The molecule has 4 atom stereocenters. The van der Waals surface area contributed by atoms with Gasteiger partial charge in [-0.05, 0) is 50.7 Å². The number of hydrogen-bond acceptors (Lipinski definition) is 7. The fourth-order valence-electron chi connectivity index (χ4n) is 5.06. The number of alkyl halides is 3. The molecule has 0 aliphatic carbocycles. The molecule has 0 radical (unpaired) electrons. The van der Waals surface area contributed by atoms with Crippen molar-refractivity contribution in [2.24, 2.45) is 16.3 Å². The van der Waals surface area contributed by atoms with E-state index in [9.17, 15) is 27.6 Å². The number of allylic oxidation sites excluding steroid dienone is 2. The Morgan fingerprint density at radius 3 is 2.67 bits per heavy atom. The van der Waals surface area contributed by atoms with Crippen molar-refractivity contribution in [3.8, 4) is 0 Å². The summed E-state index contributed by atoms with van der Waals surface area (Å²) in [5.41, 5.74) is 4.06. The largest absolute Gasteiger partial charge is 0.410 e. The number of nitrogens with two attached hydrogens (primary N) is 1. The Morgan fingerprint density at radius 1 is 1.31 bits per heavy atom. The number of benzene rings is 1. The molecule has 4 rings (SSSR count). The van der Waals surface area contributed by atoms with Gasteiger partial charge in [0.25, 0.3) is 5.91 Å². The molecule has 10 nitrogen and oxygen atoms in total. The van der Waals surface area contributed by atoms with Gasteiger partial charge in [-0.25, -0.2) is 5.01 Å². The van der Waals surface area contributed by atoms with Crippen LogP contribution in [0.1, 0.15) is 32.8 Å². The maximum atomic E-state index is 13.9. The average molecular weight is 611 g/mol. The molecule has 3 aliphatic rings. The van der Waals surface area contributed by atoms with Gasteiger partial charge in [0.15, 0.2) is 0 Å². The monoisotopic (exact) mass is 610 g/mol. The molecule has 0 spiro atoms. The lowest BCUT2D eigenvalue weighted by atomic mass is 9.71. The number of halogens is 4. The fourth-order valence-corrected chi connectivity index (χ4v) is 5.27. The summed E-state index contributed by atoms with van der Waals surface area (Å²) in [6, 6.07) is 2.84. The van der Waals surface area contributed by atoms with E-state index in [1.54, 1.807) is 48.7 Å². The third-order valence-electron chi connectivity index (χ3n) is 7.49. The molecule has 0 saturated carbocycles. The van der Waals surface area contributed by atoms with Crippen molar-refractivity contribution >= 4 is 35.0 Å². The Hall–Kier alpha value is -3.42. The third kappa shape index (κ3) is 6.47. The predicted molar refractivity (Wildman–Crippen MR) is 150 cm³/mol. The second kappa shape index (κ2) is 12.1. The molecule has 3 heterocycles. The lowest BCUT2D eigenvalue weighted by Gasteiger charge is -2.44. The Morgan fingerprint density at radius 2 is 2.05 bits per heavy atom. The van der Waals surface area contributed by atoms with Crippen LogP contribution in [0.2, 0.25) is 5.02 Å². The minimum absolute atomic E-state index is 0.0563. The number of fused-ring (bicyclic) bond motifs is 1. The van der Waals surface area contributed by atoms with Gasteiger partial charge in [-0.2, -0.15) is 18.3 Å². The highest BCUT2D eigenvalue weighted by molar-refractivity contribution is 6.30. The van der Waals surface area contributed by atoms with E-state index in [0.717, 1.165) is 12.5 Å². The van der Waals surface area contributed by atoms with Gasteiger partial charge in [0, 0.05) is 24.5 Å². The van der Waals surface area contributed by atoms with Crippen molar-refractivity contribution in [1.82, 2.24) is 20.5 Å². The molecule has 4 N–H and O–H groups in total. The molecule has 0 bridgehead atoms. The number of amides is 3. The van der Waals surface area contributed by atoms with Gasteiger partial charge in [0.1, 0.15) is 17.5 Å². The van der Waals surface area contributed by atoms with Gasteiger partial charge in [-0.3, -0.25) is 14.4 Å². The smallest absolute Gasteiger partial charge is 0.383 e. The van der Waals surface area contributed by atoms with Crippen LogP contribution in [0.15, 0.2) is 53.8 Å². The van der Waals surface area contributed by atoms with Crippen molar-refractivity contribution in [1.29, 1.82) is 0 Å². The highest BCUT2D eigenvalue weighted by atomic mass is 35.5. The molecule has 3 aliphatic heterocycles. The second-order valence-electron chi connectivity index (χ2n) is 11.2. The zero-order valence-corrected chi connectivity index (χ0v) is 24.2. The molecule has 228 valence electrons. The number of rotatable bonds is 9. The second-order valence-corrected chi connectivity index (χ2v) is 11.6. The summed E-state index contributed by atoms with van der Waals surface area (Å²) in [7, 11) is 0. The number of carbonyl (C=O) groups excluding carboxylic acids is 3. The number of dihydropyridines is 1. The first-order valence-corrected chi connectivity index (χ1v) is 13.8. The molecule has 1 aromatic rings. The normalized spacial score (nSPS) is 23.7. The number of piperidine rings is 1. The van der Waals surface area contributed by atoms with E-state index in [4.69, 9.17) is 22.1 Å².